The van der Waals surface area contributed by atoms with Gasteiger partial charge in [0.25, 0.3) is 12.9 Å². The number of aliphatic hydroxyl groups excluding tert-OH is 3. The van der Waals surface area contributed by atoms with Crippen LogP contribution < -0.4 is 15.4 Å². The lowest BCUT2D eigenvalue weighted by molar-refractivity contribution is -0.321. The highest BCUT2D eigenvalue weighted by Crippen LogP contribution is 2.31. The van der Waals surface area contributed by atoms with Crippen LogP contribution in [0.15, 0.2) is 18.2 Å². The molecule has 12 heteroatoms. The van der Waals surface area contributed by atoms with Crippen molar-refractivity contribution in [3.05, 3.63) is 23.8 Å². The Labute approximate surface area is 179 Å². The van der Waals surface area contributed by atoms with Crippen molar-refractivity contribution in [1.82, 2.24) is 5.32 Å². The van der Waals surface area contributed by atoms with Crippen LogP contribution in [0.25, 0.3) is 0 Å². The van der Waals surface area contributed by atoms with E-state index in [0.717, 1.165) is 0 Å². The van der Waals surface area contributed by atoms with E-state index in [9.17, 15) is 29.7 Å². The van der Waals surface area contributed by atoms with Crippen LogP contribution in [0.3, 0.4) is 0 Å². The topological polar surface area (TPSA) is 173 Å². The Hall–Kier alpha value is -2.77. The summed E-state index contributed by atoms with van der Waals surface area (Å²) in [6.45, 7) is 2.78. The molecule has 0 saturated carbocycles. The molecule has 0 aromatic heterocycles. The van der Waals surface area contributed by atoms with Gasteiger partial charge in [0.05, 0.1) is 5.69 Å². The first kappa shape index (κ1) is 22.9. The predicted molar refractivity (Wildman–Crippen MR) is 104 cm³/mol. The summed E-state index contributed by atoms with van der Waals surface area (Å²) in [7, 11) is 0. The van der Waals surface area contributed by atoms with E-state index in [1.165, 1.54) is 18.2 Å². The van der Waals surface area contributed by atoms with E-state index >= 15 is 0 Å². The summed E-state index contributed by atoms with van der Waals surface area (Å²) in [5.41, 5.74) is 0.567. The molecular weight excluding hydrogens is 416 g/mol. The van der Waals surface area contributed by atoms with Crippen LogP contribution in [0.4, 0.5) is 5.69 Å². The third-order valence-electron chi connectivity index (χ3n) is 4.35. The molecule has 1 heterocycles. The Balaban J connectivity index is 2.22. The van der Waals surface area contributed by atoms with Crippen molar-refractivity contribution in [2.75, 3.05) is 18.4 Å². The smallest absolute Gasteiger partial charge is 0.295 e. The molecule has 0 bridgehead atoms. The maximum Gasteiger partial charge on any atom is 0.295 e. The third-order valence-corrected chi connectivity index (χ3v) is 4.35. The van der Waals surface area contributed by atoms with E-state index < -0.39 is 37.3 Å². The number of ether oxygens (including phenoxy) is 4. The maximum absolute atomic E-state index is 12.3. The Morgan fingerprint density at radius 1 is 1.23 bits per heavy atom. The number of hydrogen-bond acceptors (Lipinski definition) is 11. The minimum absolute atomic E-state index is 0.00768. The first-order chi connectivity index (χ1) is 15.3. The number of benzene rings is 1. The number of nitrogens with one attached hydrogen (secondary N) is 2. The van der Waals surface area contributed by atoms with Gasteiger partial charge in [0.15, 0.2) is 1.37 Å². The van der Waals surface area contributed by atoms with E-state index in [0.29, 0.717) is 18.7 Å². The van der Waals surface area contributed by atoms with Crippen LogP contribution in [0, 0.1) is 0 Å². The van der Waals surface area contributed by atoms with Crippen molar-refractivity contribution < 1.29 is 50.0 Å². The van der Waals surface area contributed by atoms with Crippen molar-refractivity contribution >= 4 is 24.5 Å². The normalized spacial score (nSPS) is 25.8. The first-order valence-electron chi connectivity index (χ1n) is 9.99. The fourth-order valence-corrected chi connectivity index (χ4v) is 2.78. The van der Waals surface area contributed by atoms with E-state index in [1.54, 1.807) is 0 Å². The SMILES string of the molecule is [2H]C(=O)OCc1ccc(OC2OC(OC=O)C(O)C(O)C2O)c(NC(=O)CCNCC)c1. The summed E-state index contributed by atoms with van der Waals surface area (Å²) in [6.07, 6.45) is -9.40. The molecule has 1 aromatic carbocycles. The lowest BCUT2D eigenvalue weighted by Gasteiger charge is -2.39. The minimum atomic E-state index is -1.74. The maximum atomic E-state index is 12.3. The zero-order chi connectivity index (χ0) is 23.7. The van der Waals surface area contributed by atoms with E-state index in [4.69, 9.17) is 10.8 Å². The van der Waals surface area contributed by atoms with Crippen LogP contribution in [-0.2, 0) is 35.2 Å². The average Bonchev–Trinajstić information content (AvgIpc) is 2.75. The molecule has 5 unspecified atom stereocenters. The van der Waals surface area contributed by atoms with Gasteiger partial charge >= 0.3 is 0 Å². The van der Waals surface area contributed by atoms with Crippen LogP contribution >= 0.6 is 0 Å². The average molecular weight is 443 g/mol. The lowest BCUT2D eigenvalue weighted by atomic mass is 10.0. The molecule has 1 aliphatic heterocycles. The summed E-state index contributed by atoms with van der Waals surface area (Å²) < 4.78 is 26.8. The van der Waals surface area contributed by atoms with Crippen molar-refractivity contribution in [3.8, 4) is 5.75 Å². The Bertz CT molecular complexity index is 795. The van der Waals surface area contributed by atoms with Gasteiger partial charge < -0.3 is 40.2 Å². The summed E-state index contributed by atoms with van der Waals surface area (Å²) in [4.78, 5) is 33.6. The van der Waals surface area contributed by atoms with Gasteiger partial charge in [0, 0.05) is 13.0 Å². The molecule has 0 spiro atoms. The molecule has 1 aromatic rings. The van der Waals surface area contributed by atoms with Crippen molar-refractivity contribution in [3.63, 3.8) is 0 Å². The molecule has 2 rings (SSSR count). The highest BCUT2D eigenvalue weighted by Gasteiger charge is 2.46. The molecule has 172 valence electrons. The molecule has 0 radical (unpaired) electrons. The molecule has 1 saturated heterocycles. The molecule has 1 aliphatic rings. The zero-order valence-electron chi connectivity index (χ0n) is 17.7. The van der Waals surface area contributed by atoms with E-state index in [2.05, 4.69) is 20.1 Å². The minimum Gasteiger partial charge on any atom is -0.463 e. The highest BCUT2D eigenvalue weighted by molar-refractivity contribution is 5.92. The number of carbonyl (C=O) groups excluding carboxylic acids is 3. The van der Waals surface area contributed by atoms with Crippen LogP contribution in [0.5, 0.6) is 5.75 Å². The van der Waals surface area contributed by atoms with Crippen molar-refractivity contribution in [2.45, 2.75) is 50.8 Å². The molecule has 5 atom stereocenters. The molecule has 5 N–H and O–H groups in total. The fraction of sp³-hybridized carbons (Fsp3) is 0.526. The van der Waals surface area contributed by atoms with E-state index in [1.807, 2.05) is 6.92 Å². The largest absolute Gasteiger partial charge is 0.463 e. The quantitative estimate of drug-likeness (QED) is 0.201. The Morgan fingerprint density at radius 2 is 1.97 bits per heavy atom. The summed E-state index contributed by atoms with van der Waals surface area (Å²) in [5.74, 6) is -0.353. The van der Waals surface area contributed by atoms with Crippen LogP contribution in [0.2, 0.25) is 0 Å². The number of anilines is 1. The second-order valence-corrected chi connectivity index (χ2v) is 6.55. The third kappa shape index (κ3) is 6.87. The van der Waals surface area contributed by atoms with Gasteiger partial charge in [0.2, 0.25) is 18.5 Å². The number of rotatable bonds is 11. The molecule has 0 aliphatic carbocycles. The van der Waals surface area contributed by atoms with Gasteiger partial charge in [-0.15, -0.1) is 0 Å². The summed E-state index contributed by atoms with van der Waals surface area (Å²) in [5, 5.41) is 35.7. The standard InChI is InChI=1S/C19H26N2O10/c1-2-20-6-5-14(24)21-12-7-11(8-28-9-22)3-4-13(12)30-19-17(27)15(25)16(26)18(31-19)29-10-23/h3-4,7,9-10,15-20,25-27H,2,5-6,8H2,1H3,(H,21,24)/i9D. The van der Waals surface area contributed by atoms with Crippen molar-refractivity contribution in [2.24, 2.45) is 0 Å². The Morgan fingerprint density at radius 3 is 2.65 bits per heavy atom. The molecular formula is C19H26N2O10. The number of aliphatic hydroxyl groups is 3. The number of hydrogen-bond donors (Lipinski definition) is 5. The number of amides is 1. The molecule has 12 nitrogen and oxygen atoms in total. The number of carbonyl (C=O) groups is 3. The second kappa shape index (κ2) is 12.2. The van der Waals surface area contributed by atoms with Gasteiger partial charge in [-0.3, -0.25) is 19.1 Å². The molecule has 1 amide bonds. The first-order valence-corrected chi connectivity index (χ1v) is 9.49. The monoisotopic (exact) mass is 443 g/mol. The van der Waals surface area contributed by atoms with Gasteiger partial charge in [-0.1, -0.05) is 13.0 Å². The Kier molecular flexibility index (Phi) is 8.99. The van der Waals surface area contributed by atoms with Crippen LogP contribution in [-0.4, -0.2) is 78.1 Å². The highest BCUT2D eigenvalue weighted by atomic mass is 16.8. The molecule has 1 fully saturated rings. The second-order valence-electron chi connectivity index (χ2n) is 6.55. The zero-order valence-corrected chi connectivity index (χ0v) is 16.7. The van der Waals surface area contributed by atoms with Gasteiger partial charge in [0.1, 0.15) is 30.7 Å². The van der Waals surface area contributed by atoms with Gasteiger partial charge in [-0.05, 0) is 24.2 Å². The van der Waals surface area contributed by atoms with E-state index in [-0.39, 0.29) is 36.8 Å². The van der Waals surface area contributed by atoms with Gasteiger partial charge in [-0.2, -0.15) is 0 Å². The summed E-state index contributed by atoms with van der Waals surface area (Å²) >= 11 is 0. The van der Waals surface area contributed by atoms with Crippen LogP contribution in [0.1, 0.15) is 20.3 Å². The van der Waals surface area contributed by atoms with Crippen molar-refractivity contribution in [1.29, 1.82) is 0 Å². The predicted octanol–water partition coefficient (Wildman–Crippen LogP) is -1.39. The fourth-order valence-electron chi connectivity index (χ4n) is 2.78. The lowest BCUT2D eigenvalue weighted by Crippen LogP contribution is -2.59. The summed E-state index contributed by atoms with van der Waals surface area (Å²) in [6, 6.07) is 4.30. The van der Waals surface area contributed by atoms with Gasteiger partial charge in [-0.25, -0.2) is 0 Å². The molecule has 31 heavy (non-hydrogen) atoms.